The van der Waals surface area contributed by atoms with Crippen molar-refractivity contribution in [1.29, 1.82) is 0 Å². The van der Waals surface area contributed by atoms with Gasteiger partial charge >= 0.3 is 0 Å². The third-order valence-electron chi connectivity index (χ3n) is 2.63. The molecule has 0 fully saturated rings. The van der Waals surface area contributed by atoms with Gasteiger partial charge in [0.25, 0.3) is 11.6 Å². The van der Waals surface area contributed by atoms with Gasteiger partial charge in [-0.25, -0.2) is 0 Å². The van der Waals surface area contributed by atoms with Crippen LogP contribution in [0.25, 0.3) is 0 Å². The lowest BCUT2D eigenvalue weighted by molar-refractivity contribution is -0.384. The van der Waals surface area contributed by atoms with Crippen LogP contribution in [0.4, 0.5) is 5.69 Å². The lowest BCUT2D eigenvalue weighted by Gasteiger charge is -2.22. The zero-order valence-electron chi connectivity index (χ0n) is 9.88. The Bertz CT molecular complexity index is 444. The first kappa shape index (κ1) is 13.5. The zero-order valence-corrected chi connectivity index (χ0v) is 10.6. The average molecular weight is 260 g/mol. The summed E-state index contributed by atoms with van der Waals surface area (Å²) in [5, 5.41) is 10.6. The van der Waals surface area contributed by atoms with Gasteiger partial charge in [-0.15, -0.1) is 11.6 Å². The van der Waals surface area contributed by atoms with E-state index in [2.05, 4.69) is 0 Å². The normalized spacial score (nSPS) is 12.2. The topological polar surface area (TPSA) is 68.4 Å². The molecule has 1 unspecified atom stereocenters. The highest BCUT2D eigenvalue weighted by molar-refractivity contribution is 6.18. The highest BCUT2D eigenvalue weighted by Crippen LogP contribution is 2.17. The molecule has 1 heterocycles. The fraction of sp³-hybridized carbons (Fsp3) is 0.500. The van der Waals surface area contributed by atoms with Crippen LogP contribution in [0.1, 0.15) is 17.4 Å². The van der Waals surface area contributed by atoms with Crippen molar-refractivity contribution in [3.05, 3.63) is 28.1 Å². The van der Waals surface area contributed by atoms with Gasteiger partial charge in [0, 0.05) is 32.1 Å². The maximum absolute atomic E-state index is 12.0. The predicted octanol–water partition coefficient (Wildman–Crippen LogP) is 1.63. The van der Waals surface area contributed by atoms with E-state index >= 15 is 0 Å². The van der Waals surface area contributed by atoms with Crippen LogP contribution in [0.15, 0.2) is 12.3 Å². The van der Waals surface area contributed by atoms with E-state index in [-0.39, 0.29) is 23.3 Å². The zero-order chi connectivity index (χ0) is 13.2. The molecule has 0 N–H and O–H groups in total. The van der Waals surface area contributed by atoms with Crippen LogP contribution < -0.4 is 0 Å². The van der Waals surface area contributed by atoms with E-state index in [9.17, 15) is 14.9 Å². The number of hydrogen-bond donors (Lipinski definition) is 0. The summed E-state index contributed by atoms with van der Waals surface area (Å²) in [5.41, 5.74) is 0.180. The first-order valence-electron chi connectivity index (χ1n) is 5.02. The molecule has 0 aliphatic carbocycles. The average Bonchev–Trinajstić information content (AvgIpc) is 2.68. The Hall–Kier alpha value is -1.56. The first-order valence-corrected chi connectivity index (χ1v) is 5.55. The summed E-state index contributed by atoms with van der Waals surface area (Å²) in [5.74, 6) is 0.0307. The quantitative estimate of drug-likeness (QED) is 0.469. The summed E-state index contributed by atoms with van der Waals surface area (Å²) >= 11 is 5.66. The van der Waals surface area contributed by atoms with Gasteiger partial charge in [-0.3, -0.25) is 14.9 Å². The Labute approximate surface area is 104 Å². The molecule has 1 amide bonds. The lowest BCUT2D eigenvalue weighted by Crippen LogP contribution is -2.37. The summed E-state index contributed by atoms with van der Waals surface area (Å²) in [6.45, 7) is 1.81. The lowest BCUT2D eigenvalue weighted by atomic mass is 10.3. The van der Waals surface area contributed by atoms with Crippen LogP contribution in [0.3, 0.4) is 0 Å². The standard InChI is InChI=1S/C10H14ClN3O3/c1-7(5-11)13(3)10(15)9-4-8(14(16)17)6-12(9)2/h4,6-7H,5H2,1-3H3. The molecule has 0 saturated heterocycles. The van der Waals surface area contributed by atoms with Gasteiger partial charge in [0.2, 0.25) is 0 Å². The second-order valence-electron chi connectivity index (χ2n) is 3.87. The third-order valence-corrected chi connectivity index (χ3v) is 3.07. The van der Waals surface area contributed by atoms with Crippen molar-refractivity contribution < 1.29 is 9.72 Å². The third kappa shape index (κ3) is 2.76. The number of amides is 1. The van der Waals surface area contributed by atoms with Crippen LogP contribution in [0.5, 0.6) is 0 Å². The molecule has 0 aromatic carbocycles. The Morgan fingerprint density at radius 2 is 2.29 bits per heavy atom. The van der Waals surface area contributed by atoms with Gasteiger partial charge in [0.05, 0.1) is 11.1 Å². The molecule has 7 heteroatoms. The van der Waals surface area contributed by atoms with Crippen LogP contribution in [0.2, 0.25) is 0 Å². The minimum atomic E-state index is -0.526. The minimum Gasteiger partial charge on any atom is -0.340 e. The Balaban J connectivity index is 3.00. The molecule has 0 saturated carbocycles. The number of nitro groups is 1. The van der Waals surface area contributed by atoms with Crippen LogP contribution in [-0.4, -0.2) is 39.3 Å². The molecular formula is C10H14ClN3O3. The van der Waals surface area contributed by atoms with Gasteiger partial charge in [0.15, 0.2) is 0 Å². The van der Waals surface area contributed by atoms with E-state index in [0.717, 1.165) is 0 Å². The van der Waals surface area contributed by atoms with Gasteiger partial charge in [-0.2, -0.15) is 0 Å². The van der Waals surface area contributed by atoms with Gasteiger partial charge in [-0.05, 0) is 6.92 Å². The van der Waals surface area contributed by atoms with E-state index in [0.29, 0.717) is 5.88 Å². The maximum Gasteiger partial charge on any atom is 0.287 e. The SMILES string of the molecule is CC(CCl)N(C)C(=O)c1cc([N+](=O)[O-])cn1C. The van der Waals surface area contributed by atoms with Crippen molar-refractivity contribution in [2.75, 3.05) is 12.9 Å². The number of halogens is 1. The van der Waals surface area contributed by atoms with Crippen molar-refractivity contribution in [2.45, 2.75) is 13.0 Å². The highest BCUT2D eigenvalue weighted by Gasteiger charge is 2.22. The second kappa shape index (κ2) is 5.18. The van der Waals surface area contributed by atoms with Crippen molar-refractivity contribution in [2.24, 2.45) is 7.05 Å². The molecule has 0 aliphatic heterocycles. The molecule has 17 heavy (non-hydrogen) atoms. The molecule has 6 nitrogen and oxygen atoms in total. The largest absolute Gasteiger partial charge is 0.340 e. The molecule has 1 atom stereocenters. The second-order valence-corrected chi connectivity index (χ2v) is 4.18. The minimum absolute atomic E-state index is 0.0947. The van der Waals surface area contributed by atoms with E-state index in [1.54, 1.807) is 14.1 Å². The van der Waals surface area contributed by atoms with Crippen molar-refractivity contribution in [3.8, 4) is 0 Å². The van der Waals surface area contributed by atoms with E-state index < -0.39 is 4.92 Å². The number of aromatic nitrogens is 1. The van der Waals surface area contributed by atoms with Crippen molar-refractivity contribution in [3.63, 3.8) is 0 Å². The van der Waals surface area contributed by atoms with Crippen LogP contribution >= 0.6 is 11.6 Å². The van der Waals surface area contributed by atoms with E-state index in [1.165, 1.54) is 21.7 Å². The number of alkyl halides is 1. The molecule has 94 valence electrons. The molecule has 1 rings (SSSR count). The molecule has 1 aromatic rings. The number of aryl methyl sites for hydroxylation is 1. The van der Waals surface area contributed by atoms with Crippen molar-refractivity contribution in [1.82, 2.24) is 9.47 Å². The van der Waals surface area contributed by atoms with Crippen LogP contribution in [-0.2, 0) is 7.05 Å². The molecular weight excluding hydrogens is 246 g/mol. The predicted molar refractivity (Wildman–Crippen MR) is 64.3 cm³/mol. The Morgan fingerprint density at radius 1 is 1.71 bits per heavy atom. The number of carbonyl (C=O) groups is 1. The molecule has 1 aromatic heterocycles. The van der Waals surface area contributed by atoms with E-state index in [1.807, 2.05) is 6.92 Å². The summed E-state index contributed by atoms with van der Waals surface area (Å²) in [6.07, 6.45) is 1.31. The fourth-order valence-corrected chi connectivity index (χ4v) is 1.55. The van der Waals surface area contributed by atoms with Gasteiger partial charge in [-0.1, -0.05) is 0 Å². The van der Waals surface area contributed by atoms with Gasteiger partial charge in [0.1, 0.15) is 5.69 Å². The molecule has 0 bridgehead atoms. The number of nitrogens with zero attached hydrogens (tertiary/aromatic N) is 3. The number of carbonyl (C=O) groups excluding carboxylic acids is 1. The molecule has 0 spiro atoms. The Morgan fingerprint density at radius 3 is 2.71 bits per heavy atom. The fourth-order valence-electron chi connectivity index (χ4n) is 1.34. The summed E-state index contributed by atoms with van der Waals surface area (Å²) in [4.78, 5) is 23.6. The van der Waals surface area contributed by atoms with Gasteiger partial charge < -0.3 is 9.47 Å². The molecule has 0 aliphatic rings. The molecule has 0 radical (unpaired) electrons. The monoisotopic (exact) mass is 259 g/mol. The summed E-state index contributed by atoms with van der Waals surface area (Å²) < 4.78 is 1.44. The van der Waals surface area contributed by atoms with Crippen molar-refractivity contribution >= 4 is 23.2 Å². The summed E-state index contributed by atoms with van der Waals surface area (Å²) in [6, 6.07) is 1.14. The number of rotatable bonds is 4. The van der Waals surface area contributed by atoms with E-state index in [4.69, 9.17) is 11.6 Å². The van der Waals surface area contributed by atoms with Crippen LogP contribution in [0, 0.1) is 10.1 Å². The summed E-state index contributed by atoms with van der Waals surface area (Å²) in [7, 11) is 3.22. The Kier molecular flexibility index (Phi) is 4.11. The smallest absolute Gasteiger partial charge is 0.287 e. The highest BCUT2D eigenvalue weighted by atomic mass is 35.5. The number of hydrogen-bond acceptors (Lipinski definition) is 3. The maximum atomic E-state index is 12.0. The first-order chi connectivity index (χ1) is 7.88.